The summed E-state index contributed by atoms with van der Waals surface area (Å²) in [5.41, 5.74) is 3.38. The van der Waals surface area contributed by atoms with Crippen LogP contribution in [0.3, 0.4) is 0 Å². The number of aromatic nitrogens is 4. The standard InChI is InChI=1S/C23H25N5O3/c1-15-9-11-16(12-10-15)14-28-18-8-6-5-7-17(18)20(26-28)21-25-19(27-31-21)13-24-22(29)30-23(2,3)4/h5-12H,13-14H2,1-4H3,(H,24,29). The Balaban J connectivity index is 1.56. The number of amides is 1. The molecule has 160 valence electrons. The summed E-state index contributed by atoms with van der Waals surface area (Å²) in [6, 6.07) is 16.3. The highest BCUT2D eigenvalue weighted by atomic mass is 16.6. The van der Waals surface area contributed by atoms with E-state index in [4.69, 9.17) is 14.4 Å². The first-order valence-corrected chi connectivity index (χ1v) is 10.1. The zero-order chi connectivity index (χ0) is 22.0. The highest BCUT2D eigenvalue weighted by molar-refractivity contribution is 5.91. The second kappa shape index (κ2) is 8.22. The maximum atomic E-state index is 11.8. The topological polar surface area (TPSA) is 95.1 Å². The second-order valence-electron chi connectivity index (χ2n) is 8.38. The summed E-state index contributed by atoms with van der Waals surface area (Å²) in [5.74, 6) is 0.651. The first-order chi connectivity index (χ1) is 14.8. The van der Waals surface area contributed by atoms with Gasteiger partial charge in [0.2, 0.25) is 0 Å². The highest BCUT2D eigenvalue weighted by Gasteiger charge is 2.20. The predicted molar refractivity (Wildman–Crippen MR) is 116 cm³/mol. The van der Waals surface area contributed by atoms with E-state index >= 15 is 0 Å². The quantitative estimate of drug-likeness (QED) is 0.513. The Kier molecular flexibility index (Phi) is 5.46. The van der Waals surface area contributed by atoms with Gasteiger partial charge in [0, 0.05) is 5.39 Å². The Morgan fingerprint density at radius 1 is 1.13 bits per heavy atom. The molecule has 0 saturated heterocycles. The molecule has 0 bridgehead atoms. The van der Waals surface area contributed by atoms with E-state index in [9.17, 15) is 4.79 Å². The van der Waals surface area contributed by atoms with Gasteiger partial charge in [0.15, 0.2) is 11.5 Å². The number of alkyl carbamates (subject to hydrolysis) is 1. The van der Waals surface area contributed by atoms with Gasteiger partial charge in [0.1, 0.15) is 5.60 Å². The van der Waals surface area contributed by atoms with E-state index in [-0.39, 0.29) is 6.54 Å². The number of rotatable bonds is 5. The van der Waals surface area contributed by atoms with Gasteiger partial charge in [-0.1, -0.05) is 53.2 Å². The van der Waals surface area contributed by atoms with E-state index < -0.39 is 11.7 Å². The van der Waals surface area contributed by atoms with Crippen LogP contribution in [0.5, 0.6) is 0 Å². The number of benzene rings is 2. The number of ether oxygens (including phenoxy) is 1. The molecule has 0 fully saturated rings. The maximum absolute atomic E-state index is 11.8. The maximum Gasteiger partial charge on any atom is 0.408 e. The Labute approximate surface area is 180 Å². The van der Waals surface area contributed by atoms with Crippen molar-refractivity contribution in [2.45, 2.75) is 46.4 Å². The van der Waals surface area contributed by atoms with Crippen molar-refractivity contribution in [1.82, 2.24) is 25.2 Å². The number of nitrogens with zero attached hydrogens (tertiary/aromatic N) is 4. The molecular weight excluding hydrogens is 394 g/mol. The van der Waals surface area contributed by atoms with E-state index in [1.165, 1.54) is 5.56 Å². The van der Waals surface area contributed by atoms with Gasteiger partial charge in [-0.15, -0.1) is 0 Å². The van der Waals surface area contributed by atoms with Crippen molar-refractivity contribution in [1.29, 1.82) is 0 Å². The molecule has 1 amide bonds. The molecule has 0 spiro atoms. The smallest absolute Gasteiger partial charge is 0.408 e. The van der Waals surface area contributed by atoms with Gasteiger partial charge in [-0.2, -0.15) is 10.1 Å². The minimum atomic E-state index is -0.574. The lowest BCUT2D eigenvalue weighted by Gasteiger charge is -2.19. The molecule has 0 atom stereocenters. The number of hydrogen-bond donors (Lipinski definition) is 1. The lowest BCUT2D eigenvalue weighted by Crippen LogP contribution is -2.32. The fourth-order valence-corrected chi connectivity index (χ4v) is 3.16. The van der Waals surface area contributed by atoms with Crippen LogP contribution in [0.15, 0.2) is 53.1 Å². The monoisotopic (exact) mass is 419 g/mol. The summed E-state index contributed by atoms with van der Waals surface area (Å²) in [4.78, 5) is 16.3. The van der Waals surface area contributed by atoms with Crippen molar-refractivity contribution >= 4 is 17.0 Å². The van der Waals surface area contributed by atoms with Crippen molar-refractivity contribution in [2.24, 2.45) is 0 Å². The summed E-state index contributed by atoms with van der Waals surface area (Å²) in [7, 11) is 0. The Morgan fingerprint density at radius 3 is 2.61 bits per heavy atom. The third-order valence-electron chi connectivity index (χ3n) is 4.57. The summed E-state index contributed by atoms with van der Waals surface area (Å²) in [6.07, 6.45) is -0.535. The zero-order valence-corrected chi connectivity index (χ0v) is 18.0. The van der Waals surface area contributed by atoms with Crippen molar-refractivity contribution in [2.75, 3.05) is 0 Å². The number of fused-ring (bicyclic) bond motifs is 1. The van der Waals surface area contributed by atoms with Crippen LogP contribution in [0.25, 0.3) is 22.5 Å². The molecule has 8 nitrogen and oxygen atoms in total. The second-order valence-corrected chi connectivity index (χ2v) is 8.38. The van der Waals surface area contributed by atoms with Crippen LogP contribution in [0.2, 0.25) is 0 Å². The van der Waals surface area contributed by atoms with Gasteiger partial charge >= 0.3 is 6.09 Å². The zero-order valence-electron chi connectivity index (χ0n) is 18.0. The number of carbonyl (C=O) groups is 1. The number of hydrogen-bond acceptors (Lipinski definition) is 6. The van der Waals surface area contributed by atoms with Crippen molar-refractivity contribution < 1.29 is 14.1 Å². The summed E-state index contributed by atoms with van der Waals surface area (Å²) in [6.45, 7) is 8.20. The van der Waals surface area contributed by atoms with Crippen LogP contribution in [-0.2, 0) is 17.8 Å². The van der Waals surface area contributed by atoms with Gasteiger partial charge in [0.25, 0.3) is 5.89 Å². The molecule has 2 heterocycles. The molecule has 4 aromatic rings. The fraction of sp³-hybridized carbons (Fsp3) is 0.304. The molecule has 1 N–H and O–H groups in total. The average molecular weight is 419 g/mol. The normalized spacial score (nSPS) is 11.6. The van der Waals surface area contributed by atoms with Crippen LogP contribution in [0.1, 0.15) is 37.7 Å². The molecular formula is C23H25N5O3. The molecule has 2 aromatic carbocycles. The van der Waals surface area contributed by atoms with Gasteiger partial charge in [0.05, 0.1) is 18.6 Å². The first-order valence-electron chi connectivity index (χ1n) is 10.1. The molecule has 4 rings (SSSR count). The van der Waals surface area contributed by atoms with Crippen molar-refractivity contribution in [3.8, 4) is 11.6 Å². The molecule has 2 aromatic heterocycles. The largest absolute Gasteiger partial charge is 0.444 e. The lowest BCUT2D eigenvalue weighted by molar-refractivity contribution is 0.0522. The molecule has 0 aliphatic heterocycles. The Bertz CT molecular complexity index is 1200. The summed E-state index contributed by atoms with van der Waals surface area (Å²) < 4.78 is 12.6. The minimum Gasteiger partial charge on any atom is -0.444 e. The van der Waals surface area contributed by atoms with E-state index in [0.717, 1.165) is 16.5 Å². The summed E-state index contributed by atoms with van der Waals surface area (Å²) >= 11 is 0. The van der Waals surface area contributed by atoms with Gasteiger partial charge < -0.3 is 14.6 Å². The molecule has 31 heavy (non-hydrogen) atoms. The van der Waals surface area contributed by atoms with E-state index in [0.29, 0.717) is 24.0 Å². The van der Waals surface area contributed by atoms with Crippen LogP contribution < -0.4 is 5.32 Å². The van der Waals surface area contributed by atoms with Gasteiger partial charge in [-0.25, -0.2) is 4.79 Å². The molecule has 0 aliphatic carbocycles. The number of carbonyl (C=O) groups excluding carboxylic acids is 1. The van der Waals surface area contributed by atoms with Crippen LogP contribution in [0.4, 0.5) is 4.79 Å². The van der Waals surface area contributed by atoms with E-state index in [2.05, 4.69) is 46.6 Å². The summed E-state index contributed by atoms with van der Waals surface area (Å²) in [5, 5.41) is 12.3. The van der Waals surface area contributed by atoms with Gasteiger partial charge in [-0.05, 0) is 39.3 Å². The third-order valence-corrected chi connectivity index (χ3v) is 4.57. The molecule has 0 saturated carbocycles. The average Bonchev–Trinajstić information content (AvgIpc) is 3.32. The Morgan fingerprint density at radius 2 is 1.87 bits per heavy atom. The molecule has 0 aliphatic rings. The fourth-order valence-electron chi connectivity index (χ4n) is 3.16. The predicted octanol–water partition coefficient (Wildman–Crippen LogP) is 4.47. The van der Waals surface area contributed by atoms with E-state index in [1.54, 1.807) is 20.8 Å². The molecule has 8 heteroatoms. The highest BCUT2D eigenvalue weighted by Crippen LogP contribution is 2.27. The molecule has 0 radical (unpaired) electrons. The first kappa shape index (κ1) is 20.6. The van der Waals surface area contributed by atoms with Crippen LogP contribution in [0, 0.1) is 6.92 Å². The SMILES string of the molecule is Cc1ccc(Cn2nc(-c3nc(CNC(=O)OC(C)(C)C)no3)c3ccccc32)cc1. The number of nitrogens with one attached hydrogen (secondary N) is 1. The Hall–Kier alpha value is -3.68. The molecule has 0 unspecified atom stereocenters. The number of para-hydroxylation sites is 1. The minimum absolute atomic E-state index is 0.0976. The van der Waals surface area contributed by atoms with Crippen molar-refractivity contribution in [3.63, 3.8) is 0 Å². The van der Waals surface area contributed by atoms with Gasteiger partial charge in [-0.3, -0.25) is 4.68 Å². The van der Waals surface area contributed by atoms with Crippen LogP contribution >= 0.6 is 0 Å². The lowest BCUT2D eigenvalue weighted by atomic mass is 10.1. The van der Waals surface area contributed by atoms with Crippen LogP contribution in [-0.4, -0.2) is 31.6 Å². The van der Waals surface area contributed by atoms with E-state index in [1.807, 2.05) is 28.9 Å². The third kappa shape index (κ3) is 4.91. The van der Waals surface area contributed by atoms with Crippen molar-refractivity contribution in [3.05, 3.63) is 65.5 Å². The number of aryl methyl sites for hydroxylation is 1.